The molecule has 0 bridgehead atoms. The number of urea groups is 1. The van der Waals surface area contributed by atoms with Crippen molar-refractivity contribution < 1.29 is 24.3 Å². The number of carbonyl (C=O) groups excluding carboxylic acids is 3. The van der Waals surface area contributed by atoms with E-state index in [9.17, 15) is 19.2 Å². The Morgan fingerprint density at radius 2 is 2.05 bits per heavy atom. The Labute approximate surface area is 115 Å². The Balaban J connectivity index is 2.00. The second kappa shape index (κ2) is 4.77. The lowest BCUT2D eigenvalue weighted by atomic mass is 10.0. The summed E-state index contributed by atoms with van der Waals surface area (Å²) < 4.78 is 0. The largest absolute Gasteiger partial charge is 0.481 e. The van der Waals surface area contributed by atoms with Gasteiger partial charge in [-0.2, -0.15) is 0 Å². The van der Waals surface area contributed by atoms with Crippen molar-refractivity contribution in [2.24, 2.45) is 5.92 Å². The minimum atomic E-state index is -1.07. The summed E-state index contributed by atoms with van der Waals surface area (Å²) >= 11 is 0. The van der Waals surface area contributed by atoms with Crippen LogP contribution in [0.25, 0.3) is 0 Å². The van der Waals surface area contributed by atoms with Gasteiger partial charge in [0.15, 0.2) is 0 Å². The zero-order chi connectivity index (χ0) is 15.1. The molecule has 2 saturated heterocycles. The molecule has 0 aromatic rings. The van der Waals surface area contributed by atoms with E-state index in [4.69, 9.17) is 5.11 Å². The highest BCUT2D eigenvalue weighted by Crippen LogP contribution is 2.22. The summed E-state index contributed by atoms with van der Waals surface area (Å²) in [5.74, 6) is -2.26. The van der Waals surface area contributed by atoms with Crippen LogP contribution in [0.3, 0.4) is 0 Å². The lowest BCUT2D eigenvalue weighted by Gasteiger charge is -2.29. The second-order valence-corrected chi connectivity index (χ2v) is 5.57. The monoisotopic (exact) mass is 283 g/mol. The minimum absolute atomic E-state index is 0.151. The van der Waals surface area contributed by atoms with E-state index in [0.717, 1.165) is 0 Å². The standard InChI is InChI=1S/C12H17N3O5/c1-12(2)10(19)13-11(20)15(12)6-8(16)14-4-3-7(5-14)9(17)18/h7H,3-6H2,1-2H3,(H,17,18)(H,13,19,20)/t7-/m0/s1. The number of carbonyl (C=O) groups is 4. The first-order valence-electron chi connectivity index (χ1n) is 6.37. The van der Waals surface area contributed by atoms with Crippen molar-refractivity contribution in [3.8, 4) is 0 Å². The number of hydrogen-bond donors (Lipinski definition) is 2. The van der Waals surface area contributed by atoms with E-state index in [1.807, 2.05) is 0 Å². The van der Waals surface area contributed by atoms with E-state index in [1.165, 1.54) is 9.80 Å². The molecule has 2 aliphatic rings. The quantitative estimate of drug-likeness (QED) is 0.663. The highest BCUT2D eigenvalue weighted by molar-refractivity contribution is 6.07. The number of nitrogens with one attached hydrogen (secondary N) is 1. The topological polar surface area (TPSA) is 107 Å². The Morgan fingerprint density at radius 3 is 2.50 bits per heavy atom. The summed E-state index contributed by atoms with van der Waals surface area (Å²) in [7, 11) is 0. The van der Waals surface area contributed by atoms with Crippen LogP contribution in [0.1, 0.15) is 20.3 Å². The molecule has 0 aromatic heterocycles. The smallest absolute Gasteiger partial charge is 0.325 e. The molecule has 0 radical (unpaired) electrons. The minimum Gasteiger partial charge on any atom is -0.481 e. The lowest BCUT2D eigenvalue weighted by Crippen LogP contribution is -2.49. The molecule has 0 saturated carbocycles. The van der Waals surface area contributed by atoms with Crippen LogP contribution in [0, 0.1) is 5.92 Å². The van der Waals surface area contributed by atoms with Crippen molar-refractivity contribution in [1.82, 2.24) is 15.1 Å². The molecule has 8 heteroatoms. The fourth-order valence-electron chi connectivity index (χ4n) is 2.39. The lowest BCUT2D eigenvalue weighted by molar-refractivity contribution is -0.141. The number of amides is 4. The average molecular weight is 283 g/mol. The van der Waals surface area contributed by atoms with Gasteiger partial charge in [-0.25, -0.2) is 4.79 Å². The Morgan fingerprint density at radius 1 is 1.40 bits per heavy atom. The number of imide groups is 1. The summed E-state index contributed by atoms with van der Waals surface area (Å²) in [6.45, 7) is 3.41. The number of carboxylic acid groups (broad SMARTS) is 1. The summed E-state index contributed by atoms with van der Waals surface area (Å²) in [4.78, 5) is 48.8. The third-order valence-corrected chi connectivity index (χ3v) is 3.88. The normalized spacial score (nSPS) is 25.0. The fourth-order valence-corrected chi connectivity index (χ4v) is 2.39. The molecule has 2 rings (SSSR count). The second-order valence-electron chi connectivity index (χ2n) is 5.57. The molecule has 0 unspecified atom stereocenters. The molecule has 20 heavy (non-hydrogen) atoms. The van der Waals surface area contributed by atoms with E-state index in [1.54, 1.807) is 13.8 Å². The van der Waals surface area contributed by atoms with Gasteiger partial charge >= 0.3 is 12.0 Å². The number of likely N-dealkylation sites (tertiary alicyclic amines) is 1. The first kappa shape index (κ1) is 14.3. The van der Waals surface area contributed by atoms with Crippen molar-refractivity contribution >= 4 is 23.8 Å². The zero-order valence-corrected chi connectivity index (χ0v) is 11.4. The third kappa shape index (κ3) is 2.33. The molecule has 2 aliphatic heterocycles. The molecule has 2 fully saturated rings. The van der Waals surface area contributed by atoms with Crippen LogP contribution in [0.2, 0.25) is 0 Å². The highest BCUT2D eigenvalue weighted by atomic mass is 16.4. The van der Waals surface area contributed by atoms with E-state index in [2.05, 4.69) is 5.32 Å². The summed E-state index contributed by atoms with van der Waals surface area (Å²) in [6.07, 6.45) is 0.412. The van der Waals surface area contributed by atoms with Crippen LogP contribution in [-0.2, 0) is 14.4 Å². The van der Waals surface area contributed by atoms with Gasteiger partial charge in [0, 0.05) is 13.1 Å². The molecule has 1 atom stereocenters. The molecule has 0 aromatic carbocycles. The molecule has 0 aliphatic carbocycles. The van der Waals surface area contributed by atoms with Crippen LogP contribution in [-0.4, -0.2) is 63.9 Å². The molecule has 2 N–H and O–H groups in total. The molecule has 110 valence electrons. The molecular formula is C12H17N3O5. The van der Waals surface area contributed by atoms with E-state index in [-0.39, 0.29) is 19.0 Å². The van der Waals surface area contributed by atoms with Gasteiger partial charge in [-0.15, -0.1) is 0 Å². The average Bonchev–Trinajstić information content (AvgIpc) is 2.90. The molecule has 4 amide bonds. The summed E-state index contributed by atoms with van der Waals surface area (Å²) in [5.41, 5.74) is -1.07. The van der Waals surface area contributed by atoms with Gasteiger partial charge in [0.25, 0.3) is 5.91 Å². The van der Waals surface area contributed by atoms with Gasteiger partial charge in [0.1, 0.15) is 12.1 Å². The number of nitrogens with zero attached hydrogens (tertiary/aromatic N) is 2. The fraction of sp³-hybridized carbons (Fsp3) is 0.667. The molecule has 2 heterocycles. The van der Waals surface area contributed by atoms with Crippen molar-refractivity contribution in [2.75, 3.05) is 19.6 Å². The molecule has 0 spiro atoms. The van der Waals surface area contributed by atoms with Gasteiger partial charge in [0.05, 0.1) is 5.92 Å². The zero-order valence-electron chi connectivity index (χ0n) is 11.4. The summed E-state index contributed by atoms with van der Waals surface area (Å²) in [5, 5.41) is 11.1. The highest BCUT2D eigenvalue weighted by Gasteiger charge is 2.47. The van der Waals surface area contributed by atoms with Crippen LogP contribution in [0.15, 0.2) is 0 Å². The van der Waals surface area contributed by atoms with Crippen LogP contribution in [0.4, 0.5) is 4.79 Å². The van der Waals surface area contributed by atoms with Gasteiger partial charge in [-0.05, 0) is 20.3 Å². The van der Waals surface area contributed by atoms with Gasteiger partial charge in [-0.1, -0.05) is 0 Å². The third-order valence-electron chi connectivity index (χ3n) is 3.88. The maximum Gasteiger partial charge on any atom is 0.325 e. The number of aliphatic carboxylic acids is 1. The maximum absolute atomic E-state index is 12.1. The SMILES string of the molecule is CC1(C)C(=O)NC(=O)N1CC(=O)N1CC[C@H](C(=O)O)C1. The van der Waals surface area contributed by atoms with Crippen molar-refractivity contribution in [3.05, 3.63) is 0 Å². The van der Waals surface area contributed by atoms with E-state index < -0.39 is 29.4 Å². The number of rotatable bonds is 3. The Hall–Kier alpha value is -2.12. The molecular weight excluding hydrogens is 266 g/mol. The Bertz CT molecular complexity index is 487. The van der Waals surface area contributed by atoms with Gasteiger partial charge in [-0.3, -0.25) is 19.7 Å². The van der Waals surface area contributed by atoms with Crippen LogP contribution in [0.5, 0.6) is 0 Å². The van der Waals surface area contributed by atoms with Crippen molar-refractivity contribution in [1.29, 1.82) is 0 Å². The van der Waals surface area contributed by atoms with Crippen LogP contribution < -0.4 is 5.32 Å². The predicted octanol–water partition coefficient (Wildman–Crippen LogP) is -0.750. The summed E-state index contributed by atoms with van der Waals surface area (Å²) in [6, 6.07) is -0.595. The van der Waals surface area contributed by atoms with Gasteiger partial charge in [0.2, 0.25) is 5.91 Å². The van der Waals surface area contributed by atoms with Gasteiger partial charge < -0.3 is 14.9 Å². The van der Waals surface area contributed by atoms with E-state index in [0.29, 0.717) is 13.0 Å². The van der Waals surface area contributed by atoms with Crippen molar-refractivity contribution in [3.63, 3.8) is 0 Å². The number of carboxylic acids is 1. The first-order valence-corrected chi connectivity index (χ1v) is 6.37. The molecule has 8 nitrogen and oxygen atoms in total. The first-order chi connectivity index (χ1) is 9.23. The van der Waals surface area contributed by atoms with Crippen LogP contribution >= 0.6 is 0 Å². The van der Waals surface area contributed by atoms with E-state index >= 15 is 0 Å². The predicted molar refractivity (Wildman–Crippen MR) is 66.6 cm³/mol. The maximum atomic E-state index is 12.1. The van der Waals surface area contributed by atoms with Crippen molar-refractivity contribution in [2.45, 2.75) is 25.8 Å². The Kier molecular flexibility index (Phi) is 3.41. The number of hydrogen-bond acceptors (Lipinski definition) is 4.